The van der Waals surface area contributed by atoms with Gasteiger partial charge >= 0.3 is 0 Å². The van der Waals surface area contributed by atoms with Gasteiger partial charge in [0.2, 0.25) is 10.0 Å². The molecule has 28 heavy (non-hydrogen) atoms. The summed E-state index contributed by atoms with van der Waals surface area (Å²) in [5, 5.41) is 13.7. The van der Waals surface area contributed by atoms with Gasteiger partial charge < -0.3 is 9.84 Å². The molecule has 2 unspecified atom stereocenters. The Balaban J connectivity index is 1.92. The van der Waals surface area contributed by atoms with Gasteiger partial charge in [-0.2, -0.15) is 9.21 Å². The molecule has 152 valence electrons. The summed E-state index contributed by atoms with van der Waals surface area (Å²) in [5.74, 6) is -0.440. The molecule has 0 saturated heterocycles. The van der Waals surface area contributed by atoms with Crippen molar-refractivity contribution in [2.45, 2.75) is 36.3 Å². The molecule has 7 nitrogen and oxygen atoms in total. The lowest BCUT2D eigenvalue weighted by molar-refractivity contribution is 0.155. The number of sulfonamides is 1. The SMILES string of the molecule is COc1sc2c(c1S(=O)(=O)N(C)CC(O)c1ccc(F)cc1)CCCC2N=O. The average molecular weight is 429 g/mol. The lowest BCUT2D eigenvalue weighted by Gasteiger charge is -2.23. The molecular weight excluding hydrogens is 407 g/mol. The monoisotopic (exact) mass is 428 g/mol. The first-order valence-electron chi connectivity index (χ1n) is 8.71. The van der Waals surface area contributed by atoms with Crippen LogP contribution in [0.25, 0.3) is 0 Å². The predicted octanol–water partition coefficient (Wildman–Crippen LogP) is 3.39. The van der Waals surface area contributed by atoms with Crippen molar-refractivity contribution in [2.24, 2.45) is 5.18 Å². The van der Waals surface area contributed by atoms with Gasteiger partial charge in [-0.05, 0) is 42.5 Å². The van der Waals surface area contributed by atoms with Crippen LogP contribution in [0.1, 0.15) is 41.0 Å². The van der Waals surface area contributed by atoms with E-state index in [1.807, 2.05) is 0 Å². The number of nitroso groups, excluding NO2 is 1. The molecule has 0 saturated carbocycles. The first-order valence-corrected chi connectivity index (χ1v) is 11.0. The Bertz CT molecular complexity index is 959. The fourth-order valence-corrected chi connectivity index (χ4v) is 6.43. The number of methoxy groups -OCH3 is 1. The van der Waals surface area contributed by atoms with Crippen molar-refractivity contribution < 1.29 is 22.7 Å². The van der Waals surface area contributed by atoms with Gasteiger partial charge in [0.25, 0.3) is 0 Å². The average Bonchev–Trinajstić information content (AvgIpc) is 3.07. The highest BCUT2D eigenvalue weighted by atomic mass is 32.2. The maximum absolute atomic E-state index is 13.2. The Labute approximate surface area is 166 Å². The summed E-state index contributed by atoms with van der Waals surface area (Å²) in [5.41, 5.74) is 0.980. The van der Waals surface area contributed by atoms with E-state index in [-0.39, 0.29) is 16.5 Å². The Kier molecular flexibility index (Phi) is 6.13. The first-order chi connectivity index (χ1) is 13.3. The van der Waals surface area contributed by atoms with Gasteiger partial charge in [-0.25, -0.2) is 12.8 Å². The van der Waals surface area contributed by atoms with Crippen molar-refractivity contribution in [2.75, 3.05) is 20.7 Å². The molecule has 0 spiro atoms. The van der Waals surface area contributed by atoms with E-state index in [1.54, 1.807) is 0 Å². The van der Waals surface area contributed by atoms with Crippen molar-refractivity contribution in [3.05, 3.63) is 51.0 Å². The third kappa shape index (κ3) is 3.82. The molecule has 1 N–H and O–H groups in total. The highest BCUT2D eigenvalue weighted by molar-refractivity contribution is 7.89. The number of thiophene rings is 1. The van der Waals surface area contributed by atoms with Gasteiger partial charge in [0.15, 0.2) is 5.06 Å². The van der Waals surface area contributed by atoms with E-state index in [0.29, 0.717) is 35.3 Å². The number of hydrogen-bond donors (Lipinski definition) is 1. The summed E-state index contributed by atoms with van der Waals surface area (Å²) >= 11 is 1.13. The van der Waals surface area contributed by atoms with E-state index in [4.69, 9.17) is 4.74 Å². The summed E-state index contributed by atoms with van der Waals surface area (Å²) in [6.45, 7) is -0.211. The zero-order valence-electron chi connectivity index (χ0n) is 15.5. The Morgan fingerprint density at radius 2 is 2.07 bits per heavy atom. The molecule has 1 aromatic carbocycles. The lowest BCUT2D eigenvalue weighted by Crippen LogP contribution is -2.32. The number of benzene rings is 1. The van der Waals surface area contributed by atoms with Crippen LogP contribution in [0.3, 0.4) is 0 Å². The molecule has 10 heteroatoms. The molecule has 3 rings (SSSR count). The summed E-state index contributed by atoms with van der Waals surface area (Å²) in [4.78, 5) is 11.8. The van der Waals surface area contributed by atoms with Crippen molar-refractivity contribution >= 4 is 21.4 Å². The molecule has 0 radical (unpaired) electrons. The molecule has 1 aromatic heterocycles. The number of hydrogen-bond acceptors (Lipinski definition) is 7. The van der Waals surface area contributed by atoms with Gasteiger partial charge in [-0.1, -0.05) is 17.3 Å². The molecule has 2 aromatic rings. The van der Waals surface area contributed by atoms with Crippen LogP contribution < -0.4 is 4.74 Å². The van der Waals surface area contributed by atoms with Gasteiger partial charge in [0.05, 0.1) is 13.2 Å². The molecule has 0 bridgehead atoms. The maximum atomic E-state index is 13.2. The van der Waals surface area contributed by atoms with Crippen molar-refractivity contribution in [1.29, 1.82) is 0 Å². The highest BCUT2D eigenvalue weighted by Gasteiger charge is 2.37. The second kappa shape index (κ2) is 8.24. The van der Waals surface area contributed by atoms with Crippen molar-refractivity contribution in [3.8, 4) is 5.06 Å². The molecule has 2 atom stereocenters. The first kappa shape index (κ1) is 20.8. The van der Waals surface area contributed by atoms with Crippen LogP contribution in [-0.2, 0) is 16.4 Å². The largest absolute Gasteiger partial charge is 0.486 e. The minimum Gasteiger partial charge on any atom is -0.486 e. The number of aliphatic hydroxyl groups excluding tert-OH is 1. The molecule has 1 aliphatic rings. The van der Waals surface area contributed by atoms with Gasteiger partial charge in [-0.15, -0.1) is 11.3 Å². The summed E-state index contributed by atoms with van der Waals surface area (Å²) in [6.07, 6.45) is 0.640. The second-order valence-corrected chi connectivity index (χ2v) is 9.63. The fourth-order valence-electron chi connectivity index (χ4n) is 3.34. The standard InChI is InChI=1S/C18H21FN2O5S2/c1-21(10-15(22)11-6-8-12(19)9-7-11)28(24,25)17-13-4-3-5-14(20-23)16(13)27-18(17)26-2/h6-9,14-15,22H,3-5,10H2,1-2H3. The zero-order chi connectivity index (χ0) is 20.5. The van der Waals surface area contributed by atoms with E-state index >= 15 is 0 Å². The number of ether oxygens (including phenoxy) is 1. The molecule has 0 aliphatic heterocycles. The fraction of sp³-hybridized carbons (Fsp3) is 0.444. The van der Waals surface area contributed by atoms with Crippen LogP contribution in [-0.4, -0.2) is 38.5 Å². The lowest BCUT2D eigenvalue weighted by atomic mass is 9.95. The van der Waals surface area contributed by atoms with Crippen LogP contribution >= 0.6 is 11.3 Å². The Morgan fingerprint density at radius 1 is 1.39 bits per heavy atom. The number of nitrogens with zero attached hydrogens (tertiary/aromatic N) is 2. The Morgan fingerprint density at radius 3 is 2.68 bits per heavy atom. The van der Waals surface area contributed by atoms with Crippen LogP contribution in [0.15, 0.2) is 34.3 Å². The second-order valence-electron chi connectivity index (χ2n) is 6.63. The number of rotatable bonds is 7. The number of fused-ring (bicyclic) bond motifs is 1. The minimum atomic E-state index is -3.98. The van der Waals surface area contributed by atoms with E-state index in [9.17, 15) is 22.8 Å². The topological polar surface area (TPSA) is 96.3 Å². The molecule has 0 amide bonds. The van der Waals surface area contributed by atoms with E-state index in [2.05, 4.69) is 5.18 Å². The normalized spacial score (nSPS) is 18.0. The number of likely N-dealkylation sites (N-methyl/N-ethyl adjacent to an activating group) is 1. The van der Waals surface area contributed by atoms with Crippen LogP contribution in [0, 0.1) is 10.7 Å². The van der Waals surface area contributed by atoms with Crippen molar-refractivity contribution in [1.82, 2.24) is 4.31 Å². The summed E-state index contributed by atoms with van der Waals surface area (Å²) < 4.78 is 45.9. The van der Waals surface area contributed by atoms with Crippen LogP contribution in [0.4, 0.5) is 4.39 Å². The zero-order valence-corrected chi connectivity index (χ0v) is 17.1. The molecule has 1 heterocycles. The third-order valence-electron chi connectivity index (χ3n) is 4.83. The van der Waals surface area contributed by atoms with Gasteiger partial charge in [-0.3, -0.25) is 0 Å². The number of aliphatic hydroxyl groups is 1. The van der Waals surface area contributed by atoms with Gasteiger partial charge in [0, 0.05) is 18.5 Å². The summed E-state index contributed by atoms with van der Waals surface area (Å²) in [6, 6.07) is 4.67. The number of halogens is 1. The predicted molar refractivity (Wildman–Crippen MR) is 104 cm³/mol. The maximum Gasteiger partial charge on any atom is 0.247 e. The molecule has 0 fully saturated rings. The molecule has 1 aliphatic carbocycles. The van der Waals surface area contributed by atoms with Crippen LogP contribution in [0.5, 0.6) is 5.06 Å². The van der Waals surface area contributed by atoms with Gasteiger partial charge in [0.1, 0.15) is 16.8 Å². The van der Waals surface area contributed by atoms with E-state index in [0.717, 1.165) is 15.6 Å². The summed E-state index contributed by atoms with van der Waals surface area (Å²) in [7, 11) is -1.23. The Hall–Kier alpha value is -1.88. The van der Waals surface area contributed by atoms with Crippen molar-refractivity contribution in [3.63, 3.8) is 0 Å². The third-order valence-corrected chi connectivity index (χ3v) is 8.17. The van der Waals surface area contributed by atoms with Crippen LogP contribution in [0.2, 0.25) is 0 Å². The van der Waals surface area contributed by atoms with E-state index < -0.39 is 28.0 Å². The van der Waals surface area contributed by atoms with E-state index in [1.165, 1.54) is 38.4 Å². The quantitative estimate of drug-likeness (QED) is 0.682. The minimum absolute atomic E-state index is 0.0390. The smallest absolute Gasteiger partial charge is 0.247 e. The molecular formula is C18H21FN2O5S2. The highest BCUT2D eigenvalue weighted by Crippen LogP contribution is 2.47.